The van der Waals surface area contributed by atoms with Crippen molar-refractivity contribution in [3.8, 4) is 5.75 Å². The number of ether oxygens (including phenoxy) is 2. The number of hydrogen-bond donors (Lipinski definition) is 0. The van der Waals surface area contributed by atoms with Crippen molar-refractivity contribution in [2.45, 2.75) is 33.3 Å². The van der Waals surface area contributed by atoms with Crippen LogP contribution >= 0.6 is 0 Å². The Hall–Kier alpha value is -3.66. The number of hydrogen-bond acceptors (Lipinski definition) is 4. The Kier molecular flexibility index (Phi) is 5.99. The van der Waals surface area contributed by atoms with Gasteiger partial charge in [-0.25, -0.2) is 9.79 Å². The Morgan fingerprint density at radius 1 is 1.00 bits per heavy atom. The lowest BCUT2D eigenvalue weighted by atomic mass is 10.0. The summed E-state index contributed by atoms with van der Waals surface area (Å²) in [5, 5.41) is 0. The highest BCUT2D eigenvalue weighted by Crippen LogP contribution is 2.23. The van der Waals surface area contributed by atoms with E-state index in [0.29, 0.717) is 18.4 Å². The maximum absolute atomic E-state index is 12.3. The zero-order valence-electron chi connectivity index (χ0n) is 18.0. The molecular formula is C27H25NO3. The second-order valence-electron chi connectivity index (χ2n) is 7.96. The molecule has 0 saturated heterocycles. The van der Waals surface area contributed by atoms with Crippen molar-refractivity contribution in [1.29, 1.82) is 0 Å². The van der Waals surface area contributed by atoms with Gasteiger partial charge in [-0.3, -0.25) is 0 Å². The molecule has 31 heavy (non-hydrogen) atoms. The summed E-state index contributed by atoms with van der Waals surface area (Å²) in [6.45, 7) is 6.83. The van der Waals surface area contributed by atoms with E-state index in [-0.39, 0.29) is 5.70 Å². The minimum atomic E-state index is -0.450. The van der Waals surface area contributed by atoms with Crippen LogP contribution in [0.5, 0.6) is 5.75 Å². The molecule has 4 nitrogen and oxygen atoms in total. The van der Waals surface area contributed by atoms with E-state index in [1.165, 1.54) is 11.1 Å². The third kappa shape index (κ3) is 5.10. The fourth-order valence-electron chi connectivity index (χ4n) is 3.36. The van der Waals surface area contributed by atoms with Crippen molar-refractivity contribution in [1.82, 2.24) is 0 Å². The fraction of sp³-hybridized carbons (Fsp3) is 0.185. The predicted octanol–water partition coefficient (Wildman–Crippen LogP) is 6.04. The van der Waals surface area contributed by atoms with Crippen LogP contribution in [0.2, 0.25) is 0 Å². The van der Waals surface area contributed by atoms with E-state index in [2.05, 4.69) is 37.9 Å². The van der Waals surface area contributed by atoms with Gasteiger partial charge in [0.15, 0.2) is 5.70 Å². The fourth-order valence-corrected chi connectivity index (χ4v) is 3.36. The lowest BCUT2D eigenvalue weighted by Gasteiger charge is -2.07. The largest absolute Gasteiger partial charge is 0.489 e. The lowest BCUT2D eigenvalue weighted by Crippen LogP contribution is -2.05. The van der Waals surface area contributed by atoms with Gasteiger partial charge in [-0.05, 0) is 59.9 Å². The maximum atomic E-state index is 12.3. The number of aliphatic imine (C=N–C) groups is 1. The Balaban J connectivity index is 1.50. The Bertz CT molecular complexity index is 1160. The molecule has 156 valence electrons. The van der Waals surface area contributed by atoms with Crippen molar-refractivity contribution >= 4 is 17.9 Å². The van der Waals surface area contributed by atoms with Crippen molar-refractivity contribution < 1.29 is 14.3 Å². The molecule has 0 radical (unpaired) electrons. The molecule has 1 aliphatic heterocycles. The molecule has 0 spiro atoms. The molecule has 0 bridgehead atoms. The van der Waals surface area contributed by atoms with Gasteiger partial charge in [0.05, 0.1) is 0 Å². The van der Waals surface area contributed by atoms with E-state index in [9.17, 15) is 4.79 Å². The predicted molar refractivity (Wildman–Crippen MR) is 123 cm³/mol. The van der Waals surface area contributed by atoms with Crippen molar-refractivity contribution in [2.24, 2.45) is 4.99 Å². The molecule has 4 heteroatoms. The zero-order chi connectivity index (χ0) is 21.8. The van der Waals surface area contributed by atoms with Gasteiger partial charge in [0.1, 0.15) is 12.4 Å². The molecule has 1 heterocycles. The van der Waals surface area contributed by atoms with Gasteiger partial charge in [-0.1, -0.05) is 67.9 Å². The van der Waals surface area contributed by atoms with Gasteiger partial charge < -0.3 is 9.47 Å². The van der Waals surface area contributed by atoms with Crippen LogP contribution in [-0.4, -0.2) is 11.9 Å². The molecule has 3 aromatic rings. The van der Waals surface area contributed by atoms with Crippen LogP contribution in [0.1, 0.15) is 47.6 Å². The van der Waals surface area contributed by atoms with Crippen LogP contribution in [0.15, 0.2) is 83.5 Å². The first-order valence-corrected chi connectivity index (χ1v) is 10.4. The standard InChI is InChI=1S/C27H25NO3/c1-18(2)22-10-12-23(13-11-22)26-28-25(27(29)31-26)16-20-7-5-9-24(15-20)30-17-21-8-4-6-19(3)14-21/h4-16,18H,17H2,1-3H3/b25-16-. The van der Waals surface area contributed by atoms with Gasteiger partial charge in [0.2, 0.25) is 5.90 Å². The number of aryl methyl sites for hydroxylation is 1. The number of esters is 1. The minimum absolute atomic E-state index is 0.277. The zero-order valence-corrected chi connectivity index (χ0v) is 18.0. The summed E-state index contributed by atoms with van der Waals surface area (Å²) >= 11 is 0. The quantitative estimate of drug-likeness (QED) is 0.367. The summed E-state index contributed by atoms with van der Waals surface area (Å²) in [5.41, 5.74) is 5.43. The molecule has 0 saturated carbocycles. The van der Waals surface area contributed by atoms with Gasteiger partial charge in [0.25, 0.3) is 0 Å². The monoisotopic (exact) mass is 411 g/mol. The number of cyclic esters (lactones) is 1. The third-order valence-corrected chi connectivity index (χ3v) is 5.09. The third-order valence-electron chi connectivity index (χ3n) is 5.09. The number of carbonyl (C=O) groups is 1. The van der Waals surface area contributed by atoms with E-state index >= 15 is 0 Å². The van der Waals surface area contributed by atoms with Crippen molar-refractivity contribution in [2.75, 3.05) is 0 Å². The Morgan fingerprint density at radius 3 is 2.52 bits per heavy atom. The van der Waals surface area contributed by atoms with Crippen LogP contribution in [0.4, 0.5) is 0 Å². The minimum Gasteiger partial charge on any atom is -0.489 e. The molecule has 0 amide bonds. The average Bonchev–Trinajstić information content (AvgIpc) is 3.13. The number of carbonyl (C=O) groups excluding carboxylic acids is 1. The molecule has 0 atom stereocenters. The molecule has 0 N–H and O–H groups in total. The van der Waals surface area contributed by atoms with Gasteiger partial charge in [-0.2, -0.15) is 0 Å². The molecule has 0 unspecified atom stereocenters. The van der Waals surface area contributed by atoms with Crippen LogP contribution in [-0.2, 0) is 16.1 Å². The highest BCUT2D eigenvalue weighted by atomic mass is 16.6. The average molecular weight is 412 g/mol. The van der Waals surface area contributed by atoms with Gasteiger partial charge >= 0.3 is 5.97 Å². The first kappa shape index (κ1) is 20.6. The Labute approximate surface area is 182 Å². The summed E-state index contributed by atoms with van der Waals surface area (Å²) in [6.07, 6.45) is 1.72. The summed E-state index contributed by atoms with van der Waals surface area (Å²) in [7, 11) is 0. The highest BCUT2D eigenvalue weighted by molar-refractivity contribution is 6.12. The first-order valence-electron chi connectivity index (χ1n) is 10.4. The number of nitrogens with zero attached hydrogens (tertiary/aromatic N) is 1. The van der Waals surface area contributed by atoms with Crippen LogP contribution in [0.3, 0.4) is 0 Å². The number of benzene rings is 3. The summed E-state index contributed by atoms with van der Waals surface area (Å²) in [5.74, 6) is 1.06. The summed E-state index contributed by atoms with van der Waals surface area (Å²) in [4.78, 5) is 16.7. The maximum Gasteiger partial charge on any atom is 0.363 e. The van der Waals surface area contributed by atoms with Crippen LogP contribution in [0.25, 0.3) is 6.08 Å². The normalized spacial score (nSPS) is 14.6. The second-order valence-corrected chi connectivity index (χ2v) is 7.96. The Morgan fingerprint density at radius 2 is 1.77 bits per heavy atom. The highest BCUT2D eigenvalue weighted by Gasteiger charge is 2.24. The van der Waals surface area contributed by atoms with E-state index < -0.39 is 5.97 Å². The molecular weight excluding hydrogens is 386 g/mol. The van der Waals surface area contributed by atoms with Crippen LogP contribution in [0, 0.1) is 6.92 Å². The molecule has 0 aromatic heterocycles. The second kappa shape index (κ2) is 9.00. The molecule has 3 aromatic carbocycles. The van der Waals surface area contributed by atoms with Crippen molar-refractivity contribution in [3.63, 3.8) is 0 Å². The van der Waals surface area contributed by atoms with E-state index in [4.69, 9.17) is 9.47 Å². The lowest BCUT2D eigenvalue weighted by molar-refractivity contribution is -0.129. The molecule has 0 aliphatic carbocycles. The molecule has 0 fully saturated rings. The van der Waals surface area contributed by atoms with E-state index in [1.54, 1.807) is 6.08 Å². The van der Waals surface area contributed by atoms with E-state index in [0.717, 1.165) is 22.4 Å². The number of rotatable bonds is 6. The summed E-state index contributed by atoms with van der Waals surface area (Å²) < 4.78 is 11.3. The SMILES string of the molecule is Cc1cccc(COc2cccc(/C=C3\N=C(c4ccc(C(C)C)cc4)OC3=O)c2)c1. The van der Waals surface area contributed by atoms with Crippen LogP contribution < -0.4 is 4.74 Å². The smallest absolute Gasteiger partial charge is 0.363 e. The van der Waals surface area contributed by atoms with E-state index in [1.807, 2.05) is 60.7 Å². The summed E-state index contributed by atoms with van der Waals surface area (Å²) in [6, 6.07) is 23.8. The van der Waals surface area contributed by atoms with Crippen molar-refractivity contribution in [3.05, 3.63) is 106 Å². The topological polar surface area (TPSA) is 47.9 Å². The molecule has 1 aliphatic rings. The van der Waals surface area contributed by atoms with Gasteiger partial charge in [0, 0.05) is 5.56 Å². The molecule has 4 rings (SSSR count). The van der Waals surface area contributed by atoms with Gasteiger partial charge in [-0.15, -0.1) is 0 Å². The first-order chi connectivity index (χ1) is 15.0.